The van der Waals surface area contributed by atoms with Crippen molar-refractivity contribution in [1.29, 1.82) is 0 Å². The van der Waals surface area contributed by atoms with E-state index in [1.54, 1.807) is 42.5 Å². The smallest absolute Gasteiger partial charge is 0.337 e. The van der Waals surface area contributed by atoms with Crippen molar-refractivity contribution in [3.05, 3.63) is 76.9 Å². The second-order valence-electron chi connectivity index (χ2n) is 8.69. The summed E-state index contributed by atoms with van der Waals surface area (Å²) < 4.78 is 7.36. The molecule has 2 aromatic carbocycles. The summed E-state index contributed by atoms with van der Waals surface area (Å²) in [6.07, 6.45) is 1.38. The van der Waals surface area contributed by atoms with Crippen molar-refractivity contribution >= 4 is 45.1 Å². The second kappa shape index (κ2) is 7.17. The van der Waals surface area contributed by atoms with Crippen LogP contribution in [0.4, 0.5) is 0 Å². The Balaban J connectivity index is 1.55. The number of nitrogens with zero attached hydrogens (tertiary/aromatic N) is 2. The highest BCUT2D eigenvalue weighted by Crippen LogP contribution is 2.33. The van der Waals surface area contributed by atoms with Gasteiger partial charge in [0, 0.05) is 33.3 Å². The first-order valence-corrected chi connectivity index (χ1v) is 11.0. The summed E-state index contributed by atoms with van der Waals surface area (Å²) in [7, 11) is 0. The lowest BCUT2D eigenvalue weighted by Gasteiger charge is -2.13. The average molecular weight is 445 g/mol. The molecule has 3 heterocycles. The number of carbonyl (C=O) groups is 2. The van der Waals surface area contributed by atoms with E-state index in [2.05, 4.69) is 20.8 Å². The lowest BCUT2D eigenvalue weighted by Crippen LogP contribution is -2.11. The molecule has 1 N–H and O–H groups in total. The number of carboxylic acid groups (broad SMARTS) is 1. The number of aromatic nitrogens is 2. The number of carbonyl (C=O) groups excluding carboxylic acids is 1. The molecule has 7 heteroatoms. The molecule has 0 bridgehead atoms. The van der Waals surface area contributed by atoms with Gasteiger partial charge in [0.05, 0.1) is 16.8 Å². The van der Waals surface area contributed by atoms with Gasteiger partial charge in [0.1, 0.15) is 5.58 Å². The van der Waals surface area contributed by atoms with Crippen molar-refractivity contribution in [3.8, 4) is 10.8 Å². The van der Waals surface area contributed by atoms with E-state index in [0.717, 1.165) is 16.1 Å². The summed E-state index contributed by atoms with van der Waals surface area (Å²) >= 11 is 1.53. The molecule has 0 fully saturated rings. The SMILES string of the molecule is CC(C)(C)c1csc(-c2cc3cc(C(=O)n4cc(C(=O)O)c5ccccc54)ccc3o2)n1. The van der Waals surface area contributed by atoms with Gasteiger partial charge in [0.2, 0.25) is 0 Å². The maximum Gasteiger partial charge on any atom is 0.337 e. The minimum absolute atomic E-state index is 0.0469. The molecule has 0 amide bonds. The van der Waals surface area contributed by atoms with E-state index in [1.165, 1.54) is 22.1 Å². The molecule has 0 saturated carbocycles. The van der Waals surface area contributed by atoms with Gasteiger partial charge in [-0.1, -0.05) is 39.0 Å². The van der Waals surface area contributed by atoms with Gasteiger partial charge in [-0.15, -0.1) is 11.3 Å². The zero-order valence-electron chi connectivity index (χ0n) is 17.7. The zero-order valence-corrected chi connectivity index (χ0v) is 18.6. The fourth-order valence-corrected chi connectivity index (χ4v) is 4.67. The summed E-state index contributed by atoms with van der Waals surface area (Å²) in [5.41, 5.74) is 2.71. The van der Waals surface area contributed by atoms with Crippen LogP contribution in [0.1, 0.15) is 47.2 Å². The number of hydrogen-bond donors (Lipinski definition) is 1. The minimum atomic E-state index is -1.07. The summed E-state index contributed by atoms with van der Waals surface area (Å²) in [5, 5.41) is 13.7. The van der Waals surface area contributed by atoms with Gasteiger partial charge in [-0.3, -0.25) is 9.36 Å². The van der Waals surface area contributed by atoms with E-state index in [0.29, 0.717) is 27.8 Å². The molecule has 0 atom stereocenters. The van der Waals surface area contributed by atoms with Crippen molar-refractivity contribution in [1.82, 2.24) is 9.55 Å². The fraction of sp³-hybridized carbons (Fsp3) is 0.160. The maximum absolute atomic E-state index is 13.3. The number of aromatic carboxylic acids is 1. The number of thiazole rings is 1. The molecule has 0 aliphatic carbocycles. The Labute approximate surface area is 187 Å². The van der Waals surface area contributed by atoms with Gasteiger partial charge in [-0.2, -0.15) is 0 Å². The lowest BCUT2D eigenvalue weighted by molar-refractivity contribution is 0.0699. The van der Waals surface area contributed by atoms with Gasteiger partial charge in [0.25, 0.3) is 5.91 Å². The highest BCUT2D eigenvalue weighted by molar-refractivity contribution is 7.13. The predicted octanol–water partition coefficient (Wildman–Crippen LogP) is 6.20. The molecule has 0 aliphatic rings. The van der Waals surface area contributed by atoms with Crippen molar-refractivity contribution in [3.63, 3.8) is 0 Å². The quantitative estimate of drug-likeness (QED) is 0.358. The third kappa shape index (κ3) is 3.31. The van der Waals surface area contributed by atoms with Crippen LogP contribution in [-0.4, -0.2) is 26.5 Å². The van der Waals surface area contributed by atoms with Crippen LogP contribution in [0.3, 0.4) is 0 Å². The van der Waals surface area contributed by atoms with E-state index < -0.39 is 5.97 Å². The highest BCUT2D eigenvalue weighted by atomic mass is 32.1. The van der Waals surface area contributed by atoms with Crippen LogP contribution < -0.4 is 0 Å². The first-order valence-electron chi connectivity index (χ1n) is 10.1. The third-order valence-corrected chi connectivity index (χ3v) is 6.26. The number of hydrogen-bond acceptors (Lipinski definition) is 5. The zero-order chi connectivity index (χ0) is 22.6. The minimum Gasteiger partial charge on any atom is -0.478 e. The van der Waals surface area contributed by atoms with Crippen molar-refractivity contribution in [2.24, 2.45) is 0 Å². The fourth-order valence-electron chi connectivity index (χ4n) is 3.67. The summed E-state index contributed by atoms with van der Waals surface area (Å²) in [6, 6.07) is 14.1. The monoisotopic (exact) mass is 444 g/mol. The first-order chi connectivity index (χ1) is 15.2. The molecule has 3 aromatic heterocycles. The number of furan rings is 1. The molecule has 0 spiro atoms. The Bertz CT molecular complexity index is 1510. The van der Waals surface area contributed by atoms with Gasteiger partial charge >= 0.3 is 5.97 Å². The molecular formula is C25H20N2O4S. The van der Waals surface area contributed by atoms with Crippen LogP contribution in [0.25, 0.3) is 32.6 Å². The summed E-state index contributed by atoms with van der Waals surface area (Å²) in [5.74, 6) is -0.715. The topological polar surface area (TPSA) is 85.3 Å². The van der Waals surface area contributed by atoms with Gasteiger partial charge in [-0.05, 0) is 30.3 Å². The number of para-hydroxylation sites is 1. The lowest BCUT2D eigenvalue weighted by atomic mass is 9.93. The Morgan fingerprint density at radius 2 is 1.88 bits per heavy atom. The van der Waals surface area contributed by atoms with Crippen LogP contribution in [-0.2, 0) is 5.41 Å². The van der Waals surface area contributed by atoms with E-state index in [1.807, 2.05) is 11.4 Å². The molecular weight excluding hydrogens is 424 g/mol. The summed E-state index contributed by atoms with van der Waals surface area (Å²) in [6.45, 7) is 6.34. The first kappa shape index (κ1) is 20.2. The van der Waals surface area contributed by atoms with E-state index in [-0.39, 0.29) is 16.9 Å². The Hall–Kier alpha value is -3.71. The van der Waals surface area contributed by atoms with Crippen molar-refractivity contribution in [2.75, 3.05) is 0 Å². The average Bonchev–Trinajstić information content (AvgIpc) is 3.48. The molecule has 32 heavy (non-hydrogen) atoms. The largest absolute Gasteiger partial charge is 0.478 e. The molecule has 5 aromatic rings. The normalized spacial score (nSPS) is 12.0. The molecule has 6 nitrogen and oxygen atoms in total. The molecule has 0 saturated heterocycles. The number of fused-ring (bicyclic) bond motifs is 2. The Morgan fingerprint density at radius 1 is 1.09 bits per heavy atom. The van der Waals surface area contributed by atoms with Crippen LogP contribution in [0.15, 0.2) is 64.5 Å². The van der Waals surface area contributed by atoms with Crippen LogP contribution in [0.5, 0.6) is 0 Å². The van der Waals surface area contributed by atoms with E-state index >= 15 is 0 Å². The van der Waals surface area contributed by atoms with Gasteiger partial charge < -0.3 is 9.52 Å². The molecule has 0 unspecified atom stereocenters. The Kier molecular flexibility index (Phi) is 4.53. The van der Waals surface area contributed by atoms with Crippen LogP contribution in [0, 0.1) is 0 Å². The predicted molar refractivity (Wildman–Crippen MR) is 125 cm³/mol. The maximum atomic E-state index is 13.3. The van der Waals surface area contributed by atoms with E-state index in [9.17, 15) is 14.7 Å². The van der Waals surface area contributed by atoms with Gasteiger partial charge in [0.15, 0.2) is 10.8 Å². The van der Waals surface area contributed by atoms with Crippen molar-refractivity contribution < 1.29 is 19.1 Å². The van der Waals surface area contributed by atoms with Crippen LogP contribution >= 0.6 is 11.3 Å². The molecule has 0 aliphatic heterocycles. The third-order valence-electron chi connectivity index (χ3n) is 5.41. The second-order valence-corrected chi connectivity index (χ2v) is 9.55. The van der Waals surface area contributed by atoms with Crippen molar-refractivity contribution in [2.45, 2.75) is 26.2 Å². The van der Waals surface area contributed by atoms with Gasteiger partial charge in [-0.25, -0.2) is 9.78 Å². The Morgan fingerprint density at radius 3 is 2.59 bits per heavy atom. The van der Waals surface area contributed by atoms with Crippen LogP contribution in [0.2, 0.25) is 0 Å². The summed E-state index contributed by atoms with van der Waals surface area (Å²) in [4.78, 5) is 29.6. The standard InChI is InChI=1S/C25H20N2O4S/c1-25(2,3)21-13-32-22(26-21)20-11-15-10-14(8-9-19(15)31-20)23(28)27-12-17(24(29)30)16-6-4-5-7-18(16)27/h4-13H,1-3H3,(H,29,30). The molecule has 0 radical (unpaired) electrons. The molecule has 5 rings (SSSR count). The number of rotatable bonds is 3. The number of carboxylic acids is 1. The highest BCUT2D eigenvalue weighted by Gasteiger charge is 2.21. The number of benzene rings is 2. The van der Waals surface area contributed by atoms with E-state index in [4.69, 9.17) is 9.40 Å². The molecule has 160 valence electrons.